The van der Waals surface area contributed by atoms with Crippen molar-refractivity contribution in [3.05, 3.63) is 41.0 Å². The summed E-state index contributed by atoms with van der Waals surface area (Å²) in [6.45, 7) is 5.36. The average Bonchev–Trinajstić information content (AvgIpc) is 3.00. The molecule has 3 rings (SSSR count). The molecule has 0 saturated heterocycles. The number of hydrogen-bond acceptors (Lipinski definition) is 4. The van der Waals surface area contributed by atoms with E-state index in [4.69, 9.17) is 0 Å². The summed E-state index contributed by atoms with van der Waals surface area (Å²) in [6, 6.07) is 1.01. The second-order valence-electron chi connectivity index (χ2n) is 9.92. The molecular weight excluding hydrogens is 485 g/mol. The number of amides is 2. The van der Waals surface area contributed by atoms with Gasteiger partial charge >= 0.3 is 6.18 Å². The van der Waals surface area contributed by atoms with Crippen molar-refractivity contribution < 1.29 is 31.5 Å². The molecule has 1 aliphatic rings. The summed E-state index contributed by atoms with van der Waals surface area (Å²) in [5.41, 5.74) is -1.87. The van der Waals surface area contributed by atoms with E-state index in [0.29, 0.717) is 37.3 Å². The van der Waals surface area contributed by atoms with E-state index in [-0.39, 0.29) is 30.2 Å². The Morgan fingerprint density at radius 3 is 2.47 bits per heavy atom. The molecule has 0 fully saturated rings. The smallest absolute Gasteiger partial charge is 0.352 e. The summed E-state index contributed by atoms with van der Waals surface area (Å²) in [7, 11) is 1.82. The Labute approximate surface area is 206 Å². The summed E-state index contributed by atoms with van der Waals surface area (Å²) >= 11 is 0. The molecule has 0 bridgehead atoms. The van der Waals surface area contributed by atoms with Crippen LogP contribution in [0.4, 0.5) is 22.0 Å². The second kappa shape index (κ2) is 10.5. The van der Waals surface area contributed by atoms with E-state index in [1.54, 1.807) is 25.3 Å². The van der Waals surface area contributed by atoms with Crippen LogP contribution >= 0.6 is 0 Å². The fourth-order valence-electron chi connectivity index (χ4n) is 4.13. The molecule has 1 atom stereocenters. The molecule has 0 spiro atoms. The van der Waals surface area contributed by atoms with Crippen molar-refractivity contribution in [1.82, 2.24) is 25.1 Å². The molecule has 0 aliphatic carbocycles. The van der Waals surface area contributed by atoms with E-state index in [2.05, 4.69) is 15.6 Å². The molecule has 2 N–H and O–H groups in total. The van der Waals surface area contributed by atoms with Crippen LogP contribution in [0.5, 0.6) is 0 Å². The van der Waals surface area contributed by atoms with Crippen LogP contribution < -0.4 is 10.6 Å². The second-order valence-corrected chi connectivity index (χ2v) is 9.92. The minimum absolute atomic E-state index is 0.0942. The number of carbonyl (C=O) groups excluding carboxylic acids is 2. The zero-order valence-electron chi connectivity index (χ0n) is 20.6. The number of carbonyl (C=O) groups is 2. The first-order valence-corrected chi connectivity index (χ1v) is 11.5. The number of benzene rings is 1. The molecule has 1 aromatic heterocycles. The van der Waals surface area contributed by atoms with Gasteiger partial charge < -0.3 is 20.1 Å². The van der Waals surface area contributed by atoms with Crippen molar-refractivity contribution in [2.24, 2.45) is 5.41 Å². The van der Waals surface area contributed by atoms with E-state index in [1.165, 1.54) is 0 Å². The topological polar surface area (TPSA) is 79.3 Å². The maximum Gasteiger partial charge on any atom is 0.416 e. The van der Waals surface area contributed by atoms with Gasteiger partial charge in [0.1, 0.15) is 24.4 Å². The van der Waals surface area contributed by atoms with Crippen LogP contribution in [0.2, 0.25) is 0 Å². The Morgan fingerprint density at radius 1 is 1.17 bits per heavy atom. The molecule has 2 heterocycles. The van der Waals surface area contributed by atoms with E-state index >= 15 is 0 Å². The Morgan fingerprint density at radius 2 is 1.86 bits per heavy atom. The van der Waals surface area contributed by atoms with Gasteiger partial charge in [-0.3, -0.25) is 9.59 Å². The number of imidazole rings is 1. The number of hydrogen-bond donors (Lipinski definition) is 2. The lowest BCUT2D eigenvalue weighted by Gasteiger charge is -2.30. The lowest BCUT2D eigenvalue weighted by Crippen LogP contribution is -2.54. The SMILES string of the molecule is CN1CCCn2c(-c3cc(C(F)(F)F)ccc3F)nc(C(=O)NC(C(=O)NCCF)C(C)(C)C)c2C1. The molecular formula is C24H30F5N5O2. The van der Waals surface area contributed by atoms with Crippen molar-refractivity contribution in [3.63, 3.8) is 0 Å². The van der Waals surface area contributed by atoms with Crippen molar-refractivity contribution in [2.45, 2.75) is 52.5 Å². The summed E-state index contributed by atoms with van der Waals surface area (Å²) < 4.78 is 68.9. The van der Waals surface area contributed by atoms with E-state index < -0.39 is 47.5 Å². The van der Waals surface area contributed by atoms with Gasteiger partial charge in [0.25, 0.3) is 5.91 Å². The van der Waals surface area contributed by atoms with Crippen LogP contribution in [0.15, 0.2) is 18.2 Å². The molecule has 0 radical (unpaired) electrons. The van der Waals surface area contributed by atoms with Crippen LogP contribution in [0.3, 0.4) is 0 Å². The van der Waals surface area contributed by atoms with E-state index in [1.807, 2.05) is 11.9 Å². The normalized spacial score (nSPS) is 15.7. The monoisotopic (exact) mass is 515 g/mol. The van der Waals surface area contributed by atoms with Crippen LogP contribution in [0.1, 0.15) is 48.9 Å². The molecule has 36 heavy (non-hydrogen) atoms. The molecule has 2 aromatic rings. The highest BCUT2D eigenvalue weighted by atomic mass is 19.4. The third kappa shape index (κ3) is 6.03. The average molecular weight is 516 g/mol. The van der Waals surface area contributed by atoms with Crippen LogP contribution in [0.25, 0.3) is 11.4 Å². The molecule has 7 nitrogen and oxygen atoms in total. The lowest BCUT2D eigenvalue weighted by atomic mass is 9.86. The van der Waals surface area contributed by atoms with Crippen molar-refractivity contribution in [2.75, 3.05) is 26.8 Å². The number of nitrogens with zero attached hydrogens (tertiary/aromatic N) is 3. The third-order valence-electron chi connectivity index (χ3n) is 5.96. The van der Waals surface area contributed by atoms with Gasteiger partial charge in [-0.2, -0.15) is 13.2 Å². The van der Waals surface area contributed by atoms with Gasteiger partial charge in [0.15, 0.2) is 5.69 Å². The summed E-state index contributed by atoms with van der Waals surface area (Å²) in [4.78, 5) is 32.2. The standard InChI is InChI=1S/C24H30F5N5O2/c1-23(2,3)19(22(36)30-9-8-25)32-21(35)18-17-13-33(4)10-5-11-34(17)20(31-18)15-12-14(24(27,28)29)6-7-16(15)26/h6-7,12,19H,5,8-11,13H2,1-4H3,(H,30,36)(H,32,35). The van der Waals surface area contributed by atoms with Gasteiger partial charge in [-0.1, -0.05) is 20.8 Å². The van der Waals surface area contributed by atoms with Crippen molar-refractivity contribution >= 4 is 11.8 Å². The highest BCUT2D eigenvalue weighted by Crippen LogP contribution is 2.35. The van der Waals surface area contributed by atoms with Crippen LogP contribution in [0, 0.1) is 11.2 Å². The van der Waals surface area contributed by atoms with Crippen molar-refractivity contribution in [1.29, 1.82) is 0 Å². The molecule has 1 aliphatic heterocycles. The van der Waals surface area contributed by atoms with Crippen LogP contribution in [-0.2, 0) is 24.1 Å². The lowest BCUT2D eigenvalue weighted by molar-refractivity contribution is -0.137. The summed E-state index contributed by atoms with van der Waals surface area (Å²) in [5.74, 6) is -2.31. The van der Waals surface area contributed by atoms with Gasteiger partial charge in [0.2, 0.25) is 5.91 Å². The Bertz CT molecular complexity index is 1120. The molecule has 2 amide bonds. The fraction of sp³-hybridized carbons (Fsp3) is 0.542. The Kier molecular flexibility index (Phi) is 8.07. The van der Waals surface area contributed by atoms with Crippen LogP contribution in [-0.4, -0.2) is 59.1 Å². The maximum absolute atomic E-state index is 14.8. The number of alkyl halides is 4. The van der Waals surface area contributed by atoms with Gasteiger partial charge in [-0.25, -0.2) is 13.8 Å². The van der Waals surface area contributed by atoms with Crippen molar-refractivity contribution in [3.8, 4) is 11.4 Å². The minimum atomic E-state index is -4.69. The minimum Gasteiger partial charge on any atom is -0.352 e. The number of rotatable bonds is 6. The number of fused-ring (bicyclic) bond motifs is 1. The summed E-state index contributed by atoms with van der Waals surface area (Å²) in [6.07, 6.45) is -4.09. The van der Waals surface area contributed by atoms with E-state index in [9.17, 15) is 31.5 Å². The summed E-state index contributed by atoms with van der Waals surface area (Å²) in [5, 5.41) is 5.06. The number of halogens is 5. The van der Waals surface area contributed by atoms with Gasteiger partial charge in [0.05, 0.1) is 16.8 Å². The van der Waals surface area contributed by atoms with Gasteiger partial charge in [-0.15, -0.1) is 0 Å². The predicted molar refractivity (Wildman–Crippen MR) is 123 cm³/mol. The Hall–Kier alpha value is -3.02. The number of aromatic nitrogens is 2. The highest BCUT2D eigenvalue weighted by molar-refractivity contribution is 5.98. The first-order valence-electron chi connectivity index (χ1n) is 11.5. The third-order valence-corrected chi connectivity index (χ3v) is 5.96. The predicted octanol–water partition coefficient (Wildman–Crippen LogP) is 3.77. The maximum atomic E-state index is 14.8. The first-order chi connectivity index (χ1) is 16.7. The van der Waals surface area contributed by atoms with Gasteiger partial charge in [0, 0.05) is 19.6 Å². The highest BCUT2D eigenvalue weighted by Gasteiger charge is 2.36. The molecule has 1 aromatic carbocycles. The first kappa shape index (κ1) is 27.6. The molecule has 12 heteroatoms. The van der Waals surface area contributed by atoms with Gasteiger partial charge in [-0.05, 0) is 43.6 Å². The fourth-order valence-corrected chi connectivity index (χ4v) is 4.13. The molecule has 1 unspecified atom stereocenters. The Balaban J connectivity index is 2.09. The quantitative estimate of drug-likeness (QED) is 0.575. The van der Waals surface area contributed by atoms with E-state index in [0.717, 1.165) is 6.07 Å². The zero-order chi connectivity index (χ0) is 26.8. The largest absolute Gasteiger partial charge is 0.416 e. The molecule has 198 valence electrons. The molecule has 0 saturated carbocycles. The zero-order valence-corrected chi connectivity index (χ0v) is 20.6. The number of nitrogens with one attached hydrogen (secondary N) is 2.